The Hall–Kier alpha value is -2.66. The number of carbonyl (C=O) groups is 1. The molecule has 1 aliphatic rings. The number of aryl methyl sites for hydroxylation is 1. The van der Waals surface area contributed by atoms with E-state index < -0.39 is 0 Å². The number of nitrogens with zero attached hydrogens (tertiary/aromatic N) is 3. The maximum absolute atomic E-state index is 13.6. The van der Waals surface area contributed by atoms with E-state index >= 15 is 0 Å². The molecule has 150 valence electrons. The molecule has 4 nitrogen and oxygen atoms in total. The molecule has 1 fully saturated rings. The quantitative estimate of drug-likeness (QED) is 0.565. The highest BCUT2D eigenvalue weighted by atomic mass is 35.5. The van der Waals surface area contributed by atoms with E-state index in [0.29, 0.717) is 18.1 Å². The highest BCUT2D eigenvalue weighted by Crippen LogP contribution is 2.26. The molecule has 0 aliphatic carbocycles. The van der Waals surface area contributed by atoms with Gasteiger partial charge in [0.25, 0.3) is 0 Å². The summed E-state index contributed by atoms with van der Waals surface area (Å²) in [6.45, 7) is 1.88. The Morgan fingerprint density at radius 3 is 2.72 bits per heavy atom. The monoisotopic (exact) mass is 411 g/mol. The average Bonchev–Trinajstić information content (AvgIpc) is 3.27. The molecule has 2 aromatic carbocycles. The van der Waals surface area contributed by atoms with Crippen LogP contribution >= 0.6 is 11.6 Å². The fraction of sp³-hybridized carbons (Fsp3) is 0.304. The van der Waals surface area contributed by atoms with E-state index in [1.54, 1.807) is 11.0 Å². The zero-order valence-electron chi connectivity index (χ0n) is 16.1. The fourth-order valence-electron chi connectivity index (χ4n) is 3.95. The van der Waals surface area contributed by atoms with Gasteiger partial charge in [-0.25, -0.2) is 9.37 Å². The minimum absolute atomic E-state index is 0.000827. The number of hydrogen-bond donors (Lipinski definition) is 0. The molecule has 3 aromatic rings. The molecule has 1 atom stereocenters. The maximum Gasteiger partial charge on any atom is 0.226 e. The summed E-state index contributed by atoms with van der Waals surface area (Å²) in [6, 6.07) is 14.7. The summed E-state index contributed by atoms with van der Waals surface area (Å²) in [5.41, 5.74) is 3.09. The number of benzene rings is 2. The summed E-state index contributed by atoms with van der Waals surface area (Å²) in [5.74, 6) is -0.235. The van der Waals surface area contributed by atoms with Crippen molar-refractivity contribution in [3.63, 3.8) is 0 Å². The Bertz CT molecular complexity index is 969. The number of halogens is 2. The molecular weight excluding hydrogens is 389 g/mol. The Morgan fingerprint density at radius 1 is 1.10 bits per heavy atom. The number of carbonyl (C=O) groups excluding carboxylic acids is 1. The van der Waals surface area contributed by atoms with Crippen molar-refractivity contribution in [3.8, 4) is 0 Å². The largest absolute Gasteiger partial charge is 0.338 e. The first-order valence-corrected chi connectivity index (χ1v) is 10.2. The first-order chi connectivity index (χ1) is 14.1. The molecular formula is C23H23ClFN3O. The molecule has 0 spiro atoms. The van der Waals surface area contributed by atoms with Crippen LogP contribution in [0, 0.1) is 11.7 Å². The molecule has 29 heavy (non-hydrogen) atoms. The minimum atomic E-state index is -0.373. The van der Waals surface area contributed by atoms with Crippen molar-refractivity contribution in [2.24, 2.45) is 5.92 Å². The van der Waals surface area contributed by atoms with E-state index in [-0.39, 0.29) is 17.6 Å². The van der Waals surface area contributed by atoms with Gasteiger partial charge >= 0.3 is 0 Å². The summed E-state index contributed by atoms with van der Waals surface area (Å²) in [6.07, 6.45) is 6.16. The molecule has 4 rings (SSSR count). The lowest BCUT2D eigenvalue weighted by Gasteiger charge is -2.17. The van der Waals surface area contributed by atoms with Gasteiger partial charge in [-0.2, -0.15) is 0 Å². The topological polar surface area (TPSA) is 38.1 Å². The number of likely N-dealkylation sites (tertiary alicyclic amines) is 1. The van der Waals surface area contributed by atoms with Crippen LogP contribution in [0.25, 0.3) is 0 Å². The second-order valence-corrected chi connectivity index (χ2v) is 8.00. The van der Waals surface area contributed by atoms with E-state index in [1.165, 1.54) is 17.7 Å². The molecule has 2 heterocycles. The number of imidazole rings is 1. The van der Waals surface area contributed by atoms with E-state index in [2.05, 4.69) is 21.7 Å². The summed E-state index contributed by atoms with van der Waals surface area (Å²) in [7, 11) is 0. The van der Waals surface area contributed by atoms with Gasteiger partial charge in [-0.15, -0.1) is 0 Å². The van der Waals surface area contributed by atoms with Crippen molar-refractivity contribution in [2.45, 2.75) is 32.4 Å². The molecule has 0 radical (unpaired) electrons. The second-order valence-electron chi connectivity index (χ2n) is 7.56. The normalized spacial score (nSPS) is 16.6. The number of hydrogen-bond acceptors (Lipinski definition) is 2. The zero-order chi connectivity index (χ0) is 20.2. The fourth-order valence-corrected chi connectivity index (χ4v) is 4.20. The number of rotatable bonds is 7. The van der Waals surface area contributed by atoms with Gasteiger partial charge in [0, 0.05) is 42.5 Å². The third-order valence-electron chi connectivity index (χ3n) is 5.45. The Balaban J connectivity index is 1.34. The summed E-state index contributed by atoms with van der Waals surface area (Å²) in [5, 5.41) is 0.356. The molecule has 1 aromatic heterocycles. The van der Waals surface area contributed by atoms with Crippen LogP contribution in [-0.2, 0) is 24.3 Å². The molecule has 1 saturated heterocycles. The third-order valence-corrected chi connectivity index (χ3v) is 5.67. The smallest absolute Gasteiger partial charge is 0.226 e. The molecule has 0 bridgehead atoms. The maximum atomic E-state index is 13.6. The molecule has 0 saturated carbocycles. The van der Waals surface area contributed by atoms with Gasteiger partial charge in [0.2, 0.25) is 5.91 Å². The molecule has 0 N–H and O–H groups in total. The van der Waals surface area contributed by atoms with Crippen molar-refractivity contribution in [1.29, 1.82) is 0 Å². The minimum Gasteiger partial charge on any atom is -0.338 e. The van der Waals surface area contributed by atoms with Gasteiger partial charge in [-0.3, -0.25) is 4.79 Å². The first kappa shape index (κ1) is 19.6. The SMILES string of the molecule is O=C1[C@@H](CCc2cncn2Cc2ccccc2)CCN1Cc1cc(F)cc(Cl)c1. The van der Waals surface area contributed by atoms with Crippen LogP contribution in [0.2, 0.25) is 5.02 Å². The van der Waals surface area contributed by atoms with Crippen LogP contribution in [0.15, 0.2) is 61.1 Å². The van der Waals surface area contributed by atoms with Gasteiger partial charge in [-0.05, 0) is 48.6 Å². The van der Waals surface area contributed by atoms with Gasteiger partial charge < -0.3 is 9.47 Å². The van der Waals surface area contributed by atoms with Crippen molar-refractivity contribution in [3.05, 3.63) is 88.7 Å². The lowest BCUT2D eigenvalue weighted by atomic mass is 10.0. The predicted octanol–water partition coefficient (Wildman–Crippen LogP) is 4.71. The van der Waals surface area contributed by atoms with E-state index in [9.17, 15) is 9.18 Å². The summed E-state index contributed by atoms with van der Waals surface area (Å²) >= 11 is 5.93. The van der Waals surface area contributed by atoms with E-state index in [4.69, 9.17) is 11.6 Å². The standard InChI is InChI=1S/C23H23ClFN3O/c24-20-10-18(11-21(25)12-20)15-27-9-8-19(23(27)29)6-7-22-13-26-16-28(22)14-17-4-2-1-3-5-17/h1-5,10-13,16,19H,6-9,14-15H2/t19-/m0/s1. The summed E-state index contributed by atoms with van der Waals surface area (Å²) < 4.78 is 15.7. The van der Waals surface area contributed by atoms with Crippen molar-refractivity contribution in [2.75, 3.05) is 6.54 Å². The van der Waals surface area contributed by atoms with Crippen LogP contribution < -0.4 is 0 Å². The van der Waals surface area contributed by atoms with Gasteiger partial charge in [0.15, 0.2) is 0 Å². The Labute approximate surface area is 174 Å². The average molecular weight is 412 g/mol. The van der Waals surface area contributed by atoms with Crippen LogP contribution in [0.4, 0.5) is 4.39 Å². The zero-order valence-corrected chi connectivity index (χ0v) is 16.9. The Kier molecular flexibility index (Phi) is 5.95. The third kappa shape index (κ3) is 4.85. The molecule has 1 amide bonds. The molecule has 6 heteroatoms. The molecule has 0 unspecified atom stereocenters. The Morgan fingerprint density at radius 2 is 1.93 bits per heavy atom. The van der Waals surface area contributed by atoms with Crippen molar-refractivity contribution in [1.82, 2.24) is 14.5 Å². The van der Waals surface area contributed by atoms with Crippen LogP contribution in [0.3, 0.4) is 0 Å². The number of aromatic nitrogens is 2. The molecule has 1 aliphatic heterocycles. The van der Waals surface area contributed by atoms with Crippen LogP contribution in [0.5, 0.6) is 0 Å². The van der Waals surface area contributed by atoms with Gasteiger partial charge in [0.1, 0.15) is 5.82 Å². The van der Waals surface area contributed by atoms with Crippen molar-refractivity contribution >= 4 is 17.5 Å². The highest BCUT2D eigenvalue weighted by molar-refractivity contribution is 6.30. The summed E-state index contributed by atoms with van der Waals surface area (Å²) in [4.78, 5) is 18.9. The van der Waals surface area contributed by atoms with E-state index in [0.717, 1.165) is 37.1 Å². The second kappa shape index (κ2) is 8.78. The van der Waals surface area contributed by atoms with Crippen molar-refractivity contribution < 1.29 is 9.18 Å². The van der Waals surface area contributed by atoms with Gasteiger partial charge in [-0.1, -0.05) is 41.9 Å². The van der Waals surface area contributed by atoms with Gasteiger partial charge in [0.05, 0.1) is 6.33 Å². The number of amides is 1. The highest BCUT2D eigenvalue weighted by Gasteiger charge is 2.31. The lowest BCUT2D eigenvalue weighted by Crippen LogP contribution is -2.27. The van der Waals surface area contributed by atoms with E-state index in [1.807, 2.05) is 30.7 Å². The van der Waals surface area contributed by atoms with Crippen LogP contribution in [0.1, 0.15) is 29.7 Å². The first-order valence-electron chi connectivity index (χ1n) is 9.85. The lowest BCUT2D eigenvalue weighted by molar-refractivity contribution is -0.131. The van der Waals surface area contributed by atoms with Crippen LogP contribution in [-0.4, -0.2) is 26.9 Å². The predicted molar refractivity (Wildman–Crippen MR) is 111 cm³/mol.